The van der Waals surface area contributed by atoms with E-state index >= 15 is 0 Å². The van der Waals surface area contributed by atoms with Crippen molar-refractivity contribution in [1.82, 2.24) is 0 Å². The van der Waals surface area contributed by atoms with Crippen molar-refractivity contribution in [3.8, 4) is 0 Å². The number of allylic oxidation sites excluding steroid dienone is 34. The molecule has 0 aliphatic rings. The number of aliphatic hydroxyl groups excluding tert-OH is 2. The van der Waals surface area contributed by atoms with Crippen molar-refractivity contribution in [2.45, 2.75) is 399 Å². The third kappa shape index (κ3) is 96.6. The number of carbonyl (C=O) groups excluding carboxylic acids is 3. The lowest BCUT2D eigenvalue weighted by Crippen LogP contribution is -2.30. The van der Waals surface area contributed by atoms with Crippen molar-refractivity contribution in [3.63, 3.8) is 0 Å². The van der Waals surface area contributed by atoms with Crippen LogP contribution in [0.5, 0.6) is 0 Å². The highest BCUT2D eigenvalue weighted by Gasteiger charge is 2.30. The lowest BCUT2D eigenvalue weighted by atomic mass is 10.0. The second-order valence-corrected chi connectivity index (χ2v) is 34.6. The molecule has 5 unspecified atom stereocenters. The van der Waals surface area contributed by atoms with E-state index < -0.39 is 91.5 Å². The molecular formula is C105H174O16P2. The lowest BCUT2D eigenvalue weighted by Gasteiger charge is -2.21. The van der Waals surface area contributed by atoms with Gasteiger partial charge in [0.15, 0.2) is 6.10 Å². The van der Waals surface area contributed by atoms with Gasteiger partial charge in [-0.05, 0) is 167 Å². The van der Waals surface area contributed by atoms with Gasteiger partial charge in [0.25, 0.3) is 0 Å². The molecule has 0 rings (SSSR count). The molecule has 0 spiro atoms. The summed E-state index contributed by atoms with van der Waals surface area (Å²) in [6.07, 6.45) is 129. The van der Waals surface area contributed by atoms with Crippen LogP contribution in [-0.4, -0.2) is 95.9 Å². The van der Waals surface area contributed by atoms with Gasteiger partial charge in [0.05, 0.1) is 26.4 Å². The molecule has 0 saturated carbocycles. The van der Waals surface area contributed by atoms with Crippen LogP contribution in [0.4, 0.5) is 0 Å². The van der Waals surface area contributed by atoms with Gasteiger partial charge in [-0.2, -0.15) is 0 Å². The summed E-state index contributed by atoms with van der Waals surface area (Å²) >= 11 is 0. The van der Waals surface area contributed by atoms with Crippen molar-refractivity contribution >= 4 is 33.6 Å². The first-order valence-electron chi connectivity index (χ1n) is 48.4. The Balaban J connectivity index is 4.60. The zero-order valence-corrected chi connectivity index (χ0v) is 79.1. The molecule has 0 aromatic rings. The predicted octanol–water partition coefficient (Wildman–Crippen LogP) is 30.3. The standard InChI is InChI=1S/C105H174O16P2/c1-4-7-10-13-16-19-22-25-28-31-34-37-40-42-44-46-47-48-49-50-51-53-55-56-59-61-64-67-70-73-76-79-82-85-88-91-103(108)115-94-100(106)95-117-122(111,112)118-96-101(107)97-119-123(113,114)120-99-102(121-105(110)93-90-87-84-81-78-75-72-69-66-63-58-39-36-33-30-27-24-21-18-15-12-9-6-3)98-116-104(109)92-89-86-83-80-77-74-71-68-65-62-60-57-54-52-45-43-41-38-35-32-29-26-23-20-17-14-11-8-5-2/h7-12,16-21,25-30,34-39,42-45,54,57,63,66,72,75,100-102,106-107H,4-6,13-15,22-24,31-33,40-41,46-53,55-56,58-62,64-65,67-71,73-74,76-99H2,1-3H3,(H,111,112)(H,113,114)/b10-7-,11-8-,12-9-,19-16-,20-17-,21-18-,28-25-,29-26-,30-27-,37-34-,38-35-,39-36-,44-42-,45-43-,57-54-,66-63-,75-72-. The molecule has 0 bridgehead atoms. The highest BCUT2D eigenvalue weighted by atomic mass is 31.2. The number of aliphatic hydroxyl groups is 2. The van der Waals surface area contributed by atoms with E-state index in [9.17, 15) is 43.5 Å². The number of hydrogen-bond donors (Lipinski definition) is 4. The van der Waals surface area contributed by atoms with Gasteiger partial charge < -0.3 is 34.2 Å². The van der Waals surface area contributed by atoms with Gasteiger partial charge in [-0.15, -0.1) is 0 Å². The zero-order valence-electron chi connectivity index (χ0n) is 77.3. The lowest BCUT2D eigenvalue weighted by molar-refractivity contribution is -0.161. The number of unbranched alkanes of at least 4 members (excludes halogenated alkanes) is 33. The van der Waals surface area contributed by atoms with Crippen LogP contribution in [0.2, 0.25) is 0 Å². The fourth-order valence-electron chi connectivity index (χ4n) is 12.8. The minimum Gasteiger partial charge on any atom is -0.463 e. The van der Waals surface area contributed by atoms with Crippen LogP contribution < -0.4 is 0 Å². The fraction of sp³-hybridized carbons (Fsp3) is 0.648. The Kier molecular flexibility index (Phi) is 90.7. The van der Waals surface area contributed by atoms with E-state index in [0.29, 0.717) is 19.3 Å². The number of carbonyl (C=O) groups is 3. The quantitative estimate of drug-likeness (QED) is 0.0146. The minimum atomic E-state index is -4.96. The van der Waals surface area contributed by atoms with Crippen LogP contribution in [-0.2, 0) is 55.8 Å². The van der Waals surface area contributed by atoms with Crippen LogP contribution in [0, 0.1) is 0 Å². The van der Waals surface area contributed by atoms with Gasteiger partial charge in [-0.3, -0.25) is 32.5 Å². The Bertz CT molecular complexity index is 3070. The molecule has 0 amide bonds. The molecule has 0 fully saturated rings. The van der Waals surface area contributed by atoms with Gasteiger partial charge in [-0.1, -0.05) is 401 Å². The fourth-order valence-corrected chi connectivity index (χ4v) is 14.4. The monoisotopic (exact) mass is 1750 g/mol. The first-order valence-corrected chi connectivity index (χ1v) is 51.4. The first kappa shape index (κ1) is 117. The Morgan fingerprint density at radius 1 is 0.228 bits per heavy atom. The maximum absolute atomic E-state index is 13.1. The van der Waals surface area contributed by atoms with Crippen LogP contribution in [0.25, 0.3) is 0 Å². The molecule has 123 heavy (non-hydrogen) atoms. The largest absolute Gasteiger partial charge is 0.472 e. The minimum absolute atomic E-state index is 0.0668. The van der Waals surface area contributed by atoms with Gasteiger partial charge in [0.2, 0.25) is 0 Å². The Hall–Kier alpha value is -5.87. The molecule has 0 saturated heterocycles. The smallest absolute Gasteiger partial charge is 0.463 e. The van der Waals surface area contributed by atoms with Gasteiger partial charge in [-0.25, -0.2) is 9.13 Å². The molecule has 0 heterocycles. The van der Waals surface area contributed by atoms with E-state index in [1.165, 1.54) is 135 Å². The Morgan fingerprint density at radius 2 is 0.407 bits per heavy atom. The highest BCUT2D eigenvalue weighted by Crippen LogP contribution is 2.45. The topological polar surface area (TPSA) is 231 Å². The molecule has 0 aromatic heterocycles. The van der Waals surface area contributed by atoms with Gasteiger partial charge in [0.1, 0.15) is 25.4 Å². The molecule has 0 aliphatic heterocycles. The number of phosphoric ester groups is 2. The summed E-state index contributed by atoms with van der Waals surface area (Å²) in [5.41, 5.74) is 0. The average Bonchev–Trinajstić information content (AvgIpc) is 0.898. The van der Waals surface area contributed by atoms with E-state index in [-0.39, 0.29) is 19.3 Å². The predicted molar refractivity (Wildman–Crippen MR) is 518 cm³/mol. The summed E-state index contributed by atoms with van der Waals surface area (Å²) in [5.74, 6) is -1.61. The molecular weight excluding hydrogens is 1580 g/mol. The molecule has 0 aromatic carbocycles. The van der Waals surface area contributed by atoms with Crippen LogP contribution in [0.3, 0.4) is 0 Å². The number of ether oxygens (including phenoxy) is 3. The van der Waals surface area contributed by atoms with Gasteiger partial charge >= 0.3 is 33.6 Å². The highest BCUT2D eigenvalue weighted by molar-refractivity contribution is 7.47. The number of esters is 3. The van der Waals surface area contributed by atoms with Crippen molar-refractivity contribution in [2.24, 2.45) is 0 Å². The second kappa shape index (κ2) is 95.2. The second-order valence-electron chi connectivity index (χ2n) is 31.7. The van der Waals surface area contributed by atoms with Crippen LogP contribution >= 0.6 is 15.6 Å². The van der Waals surface area contributed by atoms with Crippen LogP contribution in [0.15, 0.2) is 207 Å². The third-order valence-corrected chi connectivity index (χ3v) is 21.9. The molecule has 4 N–H and O–H groups in total. The molecule has 0 aliphatic carbocycles. The summed E-state index contributed by atoms with van der Waals surface area (Å²) in [7, 11) is -9.83. The van der Waals surface area contributed by atoms with Crippen LogP contribution in [0.1, 0.15) is 380 Å². The summed E-state index contributed by atoms with van der Waals surface area (Å²) in [6, 6.07) is 0. The maximum atomic E-state index is 13.1. The normalized spacial score (nSPS) is 14.6. The SMILES string of the molecule is CC/C=C\C/C=C\C/C=C\C/C=C\C/C=C\C/C=C\CCCCCCCCCCCCC(=O)OCC(COP(=O)(O)OCC(O)COP(=O)(O)OCC(O)COC(=O)CCCCCCCCCCCCCCCCCCCCC/C=C\C/C=C\C/C=C\C/C=C\C/C=C\CC)OC(=O)CCCCCC/C=C\C/C=C\C/C=C\C/C=C\C/C=C\C/C=C\CC. The number of hydrogen-bond acceptors (Lipinski definition) is 14. The van der Waals surface area contributed by atoms with E-state index in [4.69, 9.17) is 32.3 Å². The average molecular weight is 1750 g/mol. The number of rotatable bonds is 90. The first-order chi connectivity index (χ1) is 60.2. The Labute approximate surface area is 750 Å². The van der Waals surface area contributed by atoms with E-state index in [2.05, 4.69) is 227 Å². The third-order valence-electron chi connectivity index (χ3n) is 20.0. The number of phosphoric acid groups is 2. The van der Waals surface area contributed by atoms with Crippen molar-refractivity contribution in [3.05, 3.63) is 207 Å². The van der Waals surface area contributed by atoms with E-state index in [0.717, 1.165) is 186 Å². The maximum Gasteiger partial charge on any atom is 0.472 e. The zero-order chi connectivity index (χ0) is 89.3. The summed E-state index contributed by atoms with van der Waals surface area (Å²) < 4.78 is 61.5. The molecule has 18 heteroatoms. The van der Waals surface area contributed by atoms with Gasteiger partial charge in [0, 0.05) is 19.3 Å². The summed E-state index contributed by atoms with van der Waals surface area (Å²) in [4.78, 5) is 59.1. The van der Waals surface area contributed by atoms with E-state index in [1.54, 1.807) is 0 Å². The summed E-state index contributed by atoms with van der Waals surface area (Å²) in [6.45, 7) is 2.34. The van der Waals surface area contributed by atoms with Crippen molar-refractivity contribution < 1.29 is 75.8 Å². The Morgan fingerprint density at radius 3 is 0.642 bits per heavy atom. The molecule has 5 atom stereocenters. The van der Waals surface area contributed by atoms with Crippen molar-refractivity contribution in [1.29, 1.82) is 0 Å². The van der Waals surface area contributed by atoms with Crippen molar-refractivity contribution in [2.75, 3.05) is 39.6 Å². The van der Waals surface area contributed by atoms with E-state index in [1.807, 2.05) is 0 Å². The molecule has 700 valence electrons. The molecule has 0 radical (unpaired) electrons. The molecule has 16 nitrogen and oxygen atoms in total. The summed E-state index contributed by atoms with van der Waals surface area (Å²) in [5, 5.41) is 20.8.